The molecule has 1 aromatic rings. The van der Waals surface area contributed by atoms with Crippen LogP contribution >= 0.6 is 11.6 Å². The molecular weight excluding hydrogens is 326 g/mol. The topological polar surface area (TPSA) is 38.8 Å². The Hall–Kier alpha value is -1.42. The van der Waals surface area contributed by atoms with Crippen LogP contribution < -0.4 is 9.47 Å². The highest BCUT2D eigenvalue weighted by Crippen LogP contribution is 2.37. The molecule has 1 unspecified atom stereocenters. The molecule has 1 atom stereocenters. The van der Waals surface area contributed by atoms with Gasteiger partial charge in [0.15, 0.2) is 11.5 Å². The van der Waals surface area contributed by atoms with E-state index in [4.69, 9.17) is 21.1 Å². The van der Waals surface area contributed by atoms with Crippen molar-refractivity contribution in [1.82, 2.24) is 4.90 Å². The lowest BCUT2D eigenvalue weighted by Gasteiger charge is -2.33. The molecule has 4 nitrogen and oxygen atoms in total. The summed E-state index contributed by atoms with van der Waals surface area (Å²) in [5.74, 6) is 1.11. The molecule has 0 aliphatic carbocycles. The number of hydrogen-bond donors (Lipinski definition) is 0. The second-order valence-corrected chi connectivity index (χ2v) is 6.67. The summed E-state index contributed by atoms with van der Waals surface area (Å²) in [6.07, 6.45) is 5.29. The van der Waals surface area contributed by atoms with E-state index >= 15 is 0 Å². The van der Waals surface area contributed by atoms with Crippen LogP contribution in [0.4, 0.5) is 0 Å². The van der Waals surface area contributed by atoms with Crippen molar-refractivity contribution in [3.8, 4) is 11.5 Å². The van der Waals surface area contributed by atoms with Crippen LogP contribution in [0.15, 0.2) is 12.1 Å². The zero-order valence-electron chi connectivity index (χ0n) is 14.9. The third-order valence-corrected chi connectivity index (χ3v) is 4.65. The molecular formula is C19H28ClNO3. The normalized spacial score (nSPS) is 17.7. The van der Waals surface area contributed by atoms with E-state index in [1.54, 1.807) is 12.1 Å². The molecule has 1 amide bonds. The molecule has 1 aliphatic rings. The summed E-state index contributed by atoms with van der Waals surface area (Å²) < 4.78 is 11.5. The first-order valence-electron chi connectivity index (χ1n) is 8.98. The van der Waals surface area contributed by atoms with Crippen LogP contribution in [0.1, 0.15) is 63.2 Å². The van der Waals surface area contributed by atoms with Crippen LogP contribution in [0.3, 0.4) is 0 Å². The molecule has 0 bridgehead atoms. The Kier molecular flexibility index (Phi) is 7.22. The highest BCUT2D eigenvalue weighted by Gasteiger charge is 2.26. The van der Waals surface area contributed by atoms with Gasteiger partial charge in [-0.1, -0.05) is 24.9 Å². The van der Waals surface area contributed by atoms with Crippen LogP contribution in [0.25, 0.3) is 0 Å². The first kappa shape index (κ1) is 18.9. The molecule has 1 aliphatic heterocycles. The molecule has 0 spiro atoms. The molecule has 0 N–H and O–H groups in total. The van der Waals surface area contributed by atoms with E-state index in [-0.39, 0.29) is 11.9 Å². The molecule has 0 radical (unpaired) electrons. The fourth-order valence-electron chi connectivity index (χ4n) is 2.98. The van der Waals surface area contributed by atoms with E-state index in [1.165, 1.54) is 6.42 Å². The molecule has 24 heavy (non-hydrogen) atoms. The Labute approximate surface area is 150 Å². The highest BCUT2D eigenvalue weighted by atomic mass is 35.5. The number of amides is 1. The van der Waals surface area contributed by atoms with Crippen LogP contribution in [-0.4, -0.2) is 36.6 Å². The van der Waals surface area contributed by atoms with E-state index < -0.39 is 0 Å². The quantitative estimate of drug-likeness (QED) is 0.652. The highest BCUT2D eigenvalue weighted by molar-refractivity contribution is 6.32. The number of unbranched alkanes of at least 4 members (excludes halogenated alkanes) is 1. The fraction of sp³-hybridized carbons (Fsp3) is 0.632. The summed E-state index contributed by atoms with van der Waals surface area (Å²) in [6, 6.07) is 3.73. The van der Waals surface area contributed by atoms with E-state index in [1.807, 2.05) is 11.8 Å². The van der Waals surface area contributed by atoms with Gasteiger partial charge in [0.25, 0.3) is 5.91 Å². The smallest absolute Gasteiger partial charge is 0.254 e. The lowest BCUT2D eigenvalue weighted by Crippen LogP contribution is -2.42. The summed E-state index contributed by atoms with van der Waals surface area (Å²) in [6.45, 7) is 8.01. The van der Waals surface area contributed by atoms with Crippen molar-refractivity contribution < 1.29 is 14.3 Å². The lowest BCUT2D eigenvalue weighted by atomic mass is 10.0. The van der Waals surface area contributed by atoms with Gasteiger partial charge in [-0.25, -0.2) is 0 Å². The maximum atomic E-state index is 12.9. The average Bonchev–Trinajstić information content (AvgIpc) is 2.57. The van der Waals surface area contributed by atoms with Gasteiger partial charge in [-0.15, -0.1) is 0 Å². The number of piperidine rings is 1. The van der Waals surface area contributed by atoms with Crippen molar-refractivity contribution in [1.29, 1.82) is 0 Å². The standard InChI is InChI=1S/C19H28ClNO3/c1-4-6-11-24-18-16(20)12-15(13-17(18)23-5-2)19(22)21-10-8-7-9-14(21)3/h12-14H,4-11H2,1-3H3. The predicted molar refractivity (Wildman–Crippen MR) is 97.4 cm³/mol. The van der Waals surface area contributed by atoms with Crippen molar-refractivity contribution in [2.75, 3.05) is 19.8 Å². The maximum Gasteiger partial charge on any atom is 0.254 e. The van der Waals surface area contributed by atoms with E-state index in [0.717, 1.165) is 32.2 Å². The second kappa shape index (κ2) is 9.16. The number of likely N-dealkylation sites (tertiary alicyclic amines) is 1. The average molecular weight is 354 g/mol. The Balaban J connectivity index is 2.25. The van der Waals surface area contributed by atoms with Crippen LogP contribution in [0.5, 0.6) is 11.5 Å². The van der Waals surface area contributed by atoms with E-state index in [9.17, 15) is 4.79 Å². The molecule has 5 heteroatoms. The molecule has 1 fully saturated rings. The zero-order valence-corrected chi connectivity index (χ0v) is 15.7. The van der Waals surface area contributed by atoms with Gasteiger partial charge >= 0.3 is 0 Å². The van der Waals surface area contributed by atoms with Crippen molar-refractivity contribution in [2.45, 2.75) is 58.9 Å². The number of hydrogen-bond acceptors (Lipinski definition) is 3. The van der Waals surface area contributed by atoms with Crippen LogP contribution in [0.2, 0.25) is 5.02 Å². The molecule has 134 valence electrons. The predicted octanol–water partition coefficient (Wildman–Crippen LogP) is 4.93. The first-order valence-corrected chi connectivity index (χ1v) is 9.36. The van der Waals surface area contributed by atoms with Gasteiger partial charge < -0.3 is 14.4 Å². The van der Waals surface area contributed by atoms with Crippen LogP contribution in [0, 0.1) is 0 Å². The lowest BCUT2D eigenvalue weighted by molar-refractivity contribution is 0.0635. The molecule has 1 aromatic carbocycles. The number of rotatable bonds is 7. The van der Waals surface area contributed by atoms with Gasteiger partial charge in [0, 0.05) is 18.2 Å². The van der Waals surface area contributed by atoms with Crippen molar-refractivity contribution in [2.24, 2.45) is 0 Å². The number of ether oxygens (including phenoxy) is 2. The van der Waals surface area contributed by atoms with Crippen LogP contribution in [-0.2, 0) is 0 Å². The van der Waals surface area contributed by atoms with Gasteiger partial charge in [0.05, 0.1) is 18.2 Å². The molecule has 1 saturated heterocycles. The summed E-state index contributed by atoms with van der Waals surface area (Å²) in [7, 11) is 0. The Morgan fingerprint density at radius 1 is 1.29 bits per heavy atom. The van der Waals surface area contributed by atoms with E-state index in [2.05, 4.69) is 13.8 Å². The number of halogens is 1. The second-order valence-electron chi connectivity index (χ2n) is 6.26. The largest absolute Gasteiger partial charge is 0.490 e. The molecule has 0 aromatic heterocycles. The Morgan fingerprint density at radius 3 is 2.75 bits per heavy atom. The maximum absolute atomic E-state index is 12.9. The Bertz CT molecular complexity index is 562. The SMILES string of the molecule is CCCCOc1c(Cl)cc(C(=O)N2CCCCC2C)cc1OCC. The summed E-state index contributed by atoms with van der Waals surface area (Å²) in [4.78, 5) is 14.8. The van der Waals surface area contributed by atoms with Gasteiger partial charge in [-0.3, -0.25) is 4.79 Å². The van der Waals surface area contributed by atoms with Gasteiger partial charge in [0.2, 0.25) is 0 Å². The molecule has 2 rings (SSSR count). The minimum absolute atomic E-state index is 0.0187. The number of nitrogens with zero attached hydrogens (tertiary/aromatic N) is 1. The minimum atomic E-state index is 0.0187. The third kappa shape index (κ3) is 4.56. The van der Waals surface area contributed by atoms with Crippen molar-refractivity contribution >= 4 is 17.5 Å². The zero-order chi connectivity index (χ0) is 17.5. The van der Waals surface area contributed by atoms with Gasteiger partial charge in [-0.2, -0.15) is 0 Å². The molecule has 1 heterocycles. The first-order chi connectivity index (χ1) is 11.6. The molecule has 0 saturated carbocycles. The monoisotopic (exact) mass is 353 g/mol. The Morgan fingerprint density at radius 2 is 2.08 bits per heavy atom. The van der Waals surface area contributed by atoms with Gasteiger partial charge in [-0.05, 0) is 51.7 Å². The third-order valence-electron chi connectivity index (χ3n) is 4.36. The van der Waals surface area contributed by atoms with E-state index in [0.29, 0.717) is 35.3 Å². The number of carbonyl (C=O) groups excluding carboxylic acids is 1. The minimum Gasteiger partial charge on any atom is -0.490 e. The summed E-state index contributed by atoms with van der Waals surface area (Å²) in [5, 5.41) is 0.435. The number of carbonyl (C=O) groups is 1. The van der Waals surface area contributed by atoms with Gasteiger partial charge in [0.1, 0.15) is 0 Å². The fourth-order valence-corrected chi connectivity index (χ4v) is 3.24. The summed E-state index contributed by atoms with van der Waals surface area (Å²) in [5.41, 5.74) is 0.569. The van der Waals surface area contributed by atoms with Crippen molar-refractivity contribution in [3.63, 3.8) is 0 Å². The van der Waals surface area contributed by atoms with Crippen molar-refractivity contribution in [3.05, 3.63) is 22.7 Å². The summed E-state index contributed by atoms with van der Waals surface area (Å²) >= 11 is 6.39. The number of benzene rings is 1.